The van der Waals surface area contributed by atoms with Gasteiger partial charge in [-0.3, -0.25) is 4.79 Å². The van der Waals surface area contributed by atoms with Gasteiger partial charge in [0.15, 0.2) is 0 Å². The Morgan fingerprint density at radius 3 is 2.83 bits per heavy atom. The topological polar surface area (TPSA) is 70.2 Å². The second kappa shape index (κ2) is 11.0. The van der Waals surface area contributed by atoms with Gasteiger partial charge >= 0.3 is 0 Å². The molecule has 1 saturated heterocycles. The van der Waals surface area contributed by atoms with Gasteiger partial charge in [-0.2, -0.15) is 0 Å². The third kappa shape index (κ3) is 5.98. The van der Waals surface area contributed by atoms with Gasteiger partial charge in [0, 0.05) is 41.0 Å². The smallest absolute Gasteiger partial charge is 0.252 e. The quantitative estimate of drug-likeness (QED) is 0.367. The van der Waals surface area contributed by atoms with E-state index in [1.165, 1.54) is 6.42 Å². The van der Waals surface area contributed by atoms with Crippen molar-refractivity contribution in [2.24, 2.45) is 5.92 Å². The van der Waals surface area contributed by atoms with Crippen LogP contribution in [0.5, 0.6) is 0 Å². The van der Waals surface area contributed by atoms with E-state index >= 15 is 0 Å². The van der Waals surface area contributed by atoms with Crippen molar-refractivity contribution < 1.29 is 9.18 Å². The molecule has 0 radical (unpaired) electrons. The molecule has 8 heteroatoms. The summed E-state index contributed by atoms with van der Waals surface area (Å²) < 4.78 is 13.6. The number of hydrogen-bond acceptors (Lipinski definition) is 6. The van der Waals surface area contributed by atoms with Crippen LogP contribution < -0.4 is 10.6 Å². The summed E-state index contributed by atoms with van der Waals surface area (Å²) in [5.74, 6) is 1.39. The number of benzene rings is 1. The van der Waals surface area contributed by atoms with Crippen LogP contribution in [0.15, 0.2) is 30.5 Å². The van der Waals surface area contributed by atoms with Crippen LogP contribution in [0.25, 0.3) is 20.7 Å². The zero-order valence-corrected chi connectivity index (χ0v) is 21.2. The molecule has 0 bridgehead atoms. The minimum atomic E-state index is -0.245. The average Bonchev–Trinajstić information content (AvgIpc) is 3.57. The minimum absolute atomic E-state index is 0.0114. The van der Waals surface area contributed by atoms with Crippen molar-refractivity contribution in [2.45, 2.75) is 51.5 Å². The van der Waals surface area contributed by atoms with E-state index in [4.69, 9.17) is 4.98 Å². The first-order chi connectivity index (χ1) is 17.1. The van der Waals surface area contributed by atoms with Crippen LogP contribution in [0.4, 0.5) is 10.3 Å². The number of carbonyl (C=O) groups is 1. The summed E-state index contributed by atoms with van der Waals surface area (Å²) >= 11 is 1.66. The predicted molar refractivity (Wildman–Crippen MR) is 141 cm³/mol. The number of nitrogens with zero attached hydrogens (tertiary/aromatic N) is 3. The van der Waals surface area contributed by atoms with Crippen molar-refractivity contribution in [1.82, 2.24) is 20.2 Å². The summed E-state index contributed by atoms with van der Waals surface area (Å²) in [5.41, 5.74) is 2.67. The van der Waals surface area contributed by atoms with Gasteiger partial charge in [0.2, 0.25) is 5.95 Å². The molecule has 1 aliphatic heterocycles. The zero-order valence-electron chi connectivity index (χ0n) is 20.4. The average molecular weight is 496 g/mol. The second-order valence-corrected chi connectivity index (χ2v) is 10.9. The van der Waals surface area contributed by atoms with Gasteiger partial charge in [-0.15, -0.1) is 11.3 Å². The van der Waals surface area contributed by atoms with E-state index < -0.39 is 0 Å². The number of thiophene rings is 1. The van der Waals surface area contributed by atoms with Gasteiger partial charge in [-0.05, 0) is 88.2 Å². The molecule has 35 heavy (non-hydrogen) atoms. The highest BCUT2D eigenvalue weighted by molar-refractivity contribution is 7.22. The Balaban J connectivity index is 1.21. The number of fused-ring (bicyclic) bond motifs is 1. The number of likely N-dealkylation sites (tertiary alicyclic amines) is 1. The van der Waals surface area contributed by atoms with Crippen LogP contribution in [-0.2, 0) is 0 Å². The fraction of sp³-hybridized carbons (Fsp3) is 0.519. The lowest BCUT2D eigenvalue weighted by atomic mass is 9.92. The summed E-state index contributed by atoms with van der Waals surface area (Å²) in [7, 11) is 0. The van der Waals surface area contributed by atoms with E-state index in [0.717, 1.165) is 89.4 Å². The maximum Gasteiger partial charge on any atom is 0.252 e. The maximum atomic E-state index is 12.7. The van der Waals surface area contributed by atoms with Gasteiger partial charge in [0.25, 0.3) is 5.91 Å². The SMILES string of the molecule is Cc1cnc(NCCCC2CCN(CCF)CC2)nc1-c1cc2c(C(=O)NC3CC3)cccc2s1. The number of hydrogen-bond donors (Lipinski definition) is 2. The summed E-state index contributed by atoms with van der Waals surface area (Å²) in [6.45, 7) is 5.24. The van der Waals surface area contributed by atoms with Crippen LogP contribution in [-0.4, -0.2) is 59.7 Å². The highest BCUT2D eigenvalue weighted by Gasteiger charge is 2.25. The Bertz CT molecular complexity index is 1170. The molecule has 1 aromatic carbocycles. The number of amides is 1. The number of aromatic nitrogens is 2. The zero-order chi connectivity index (χ0) is 24.2. The van der Waals surface area contributed by atoms with Gasteiger partial charge in [-0.1, -0.05) is 6.07 Å². The van der Waals surface area contributed by atoms with Crippen LogP contribution in [0, 0.1) is 12.8 Å². The van der Waals surface area contributed by atoms with Gasteiger partial charge in [0.1, 0.15) is 6.67 Å². The normalized spacial score (nSPS) is 17.1. The molecule has 3 heterocycles. The third-order valence-corrected chi connectivity index (χ3v) is 8.21. The molecular weight excluding hydrogens is 461 g/mol. The number of rotatable bonds is 10. The Labute approximate surface area is 210 Å². The third-order valence-electron chi connectivity index (χ3n) is 7.10. The van der Waals surface area contributed by atoms with E-state index in [9.17, 15) is 9.18 Å². The molecule has 6 nitrogen and oxygen atoms in total. The van der Waals surface area contributed by atoms with E-state index in [1.807, 2.05) is 25.3 Å². The van der Waals surface area contributed by atoms with Crippen molar-refractivity contribution in [2.75, 3.05) is 38.2 Å². The molecule has 3 aromatic rings. The lowest BCUT2D eigenvalue weighted by Crippen LogP contribution is -2.35. The summed E-state index contributed by atoms with van der Waals surface area (Å²) in [5, 5.41) is 7.49. The summed E-state index contributed by atoms with van der Waals surface area (Å²) in [6.07, 6.45) is 8.60. The molecule has 0 atom stereocenters. The highest BCUT2D eigenvalue weighted by Crippen LogP contribution is 2.36. The Kier molecular flexibility index (Phi) is 7.58. The number of carbonyl (C=O) groups excluding carboxylic acids is 1. The number of piperidine rings is 1. The number of nitrogens with one attached hydrogen (secondary N) is 2. The predicted octanol–water partition coefficient (Wildman–Crippen LogP) is 5.43. The molecule has 2 N–H and O–H groups in total. The molecule has 2 aromatic heterocycles. The monoisotopic (exact) mass is 495 g/mol. The second-order valence-electron chi connectivity index (χ2n) is 9.84. The number of halogens is 1. The van der Waals surface area contributed by atoms with Gasteiger partial charge in [0.05, 0.1) is 10.6 Å². The fourth-order valence-corrected chi connectivity index (χ4v) is 5.99. The standard InChI is InChI=1S/C27H34FN5OS/c1-18-17-30-27(29-12-3-4-19-9-13-33(14-10-19)15-11-28)32-25(18)24-16-22-21(5-2-6-23(22)35-24)26(34)31-20-7-8-20/h2,5-6,16-17,19-20H,3-4,7-15H2,1H3,(H,31,34)(H,29,30,32). The Morgan fingerprint density at radius 2 is 2.06 bits per heavy atom. The van der Waals surface area contributed by atoms with Crippen LogP contribution in [0.1, 0.15) is 54.4 Å². The van der Waals surface area contributed by atoms with E-state index in [0.29, 0.717) is 18.5 Å². The summed E-state index contributed by atoms with van der Waals surface area (Å²) in [4.78, 5) is 25.3. The maximum absolute atomic E-state index is 12.7. The van der Waals surface area contributed by atoms with Crippen LogP contribution in [0.3, 0.4) is 0 Å². The Morgan fingerprint density at radius 1 is 1.23 bits per heavy atom. The Hall–Kier alpha value is -2.58. The van der Waals surface area contributed by atoms with Crippen LogP contribution >= 0.6 is 11.3 Å². The molecule has 1 aliphatic carbocycles. The summed E-state index contributed by atoms with van der Waals surface area (Å²) in [6, 6.07) is 8.35. The molecule has 2 fully saturated rings. The molecule has 186 valence electrons. The molecular formula is C27H34FN5OS. The molecule has 0 spiro atoms. The first-order valence-electron chi connectivity index (χ1n) is 12.8. The van der Waals surface area contributed by atoms with E-state index in [-0.39, 0.29) is 12.6 Å². The van der Waals surface area contributed by atoms with Gasteiger partial charge in [-0.25, -0.2) is 14.4 Å². The number of alkyl halides is 1. The molecule has 2 aliphatic rings. The van der Waals surface area contributed by atoms with Crippen molar-refractivity contribution in [1.29, 1.82) is 0 Å². The molecule has 1 amide bonds. The van der Waals surface area contributed by atoms with Gasteiger partial charge < -0.3 is 15.5 Å². The number of anilines is 1. The van der Waals surface area contributed by atoms with Crippen molar-refractivity contribution in [3.05, 3.63) is 41.6 Å². The first-order valence-corrected chi connectivity index (χ1v) is 13.6. The lowest BCUT2D eigenvalue weighted by Gasteiger charge is -2.31. The van der Waals surface area contributed by atoms with E-state index in [1.54, 1.807) is 11.3 Å². The van der Waals surface area contributed by atoms with E-state index in [2.05, 4.69) is 32.7 Å². The minimum Gasteiger partial charge on any atom is -0.354 e. The van der Waals surface area contributed by atoms with Crippen LogP contribution in [0.2, 0.25) is 0 Å². The molecule has 0 unspecified atom stereocenters. The lowest BCUT2D eigenvalue weighted by molar-refractivity contribution is 0.0952. The largest absolute Gasteiger partial charge is 0.354 e. The first kappa shape index (κ1) is 24.1. The molecule has 5 rings (SSSR count). The molecule has 1 saturated carbocycles. The van der Waals surface area contributed by atoms with Crippen molar-refractivity contribution in [3.63, 3.8) is 0 Å². The van der Waals surface area contributed by atoms with Crippen molar-refractivity contribution in [3.8, 4) is 10.6 Å². The fourth-order valence-electron chi connectivity index (χ4n) is 4.85. The highest BCUT2D eigenvalue weighted by atomic mass is 32.1. The van der Waals surface area contributed by atoms with Crippen molar-refractivity contribution >= 4 is 33.3 Å². The number of aryl methyl sites for hydroxylation is 1.